The van der Waals surface area contributed by atoms with E-state index >= 15 is 0 Å². The smallest absolute Gasteiger partial charge is 0.444 e. The van der Waals surface area contributed by atoms with Crippen molar-refractivity contribution in [3.8, 4) is 0 Å². The van der Waals surface area contributed by atoms with E-state index in [9.17, 15) is 24.5 Å². The van der Waals surface area contributed by atoms with E-state index in [0.717, 1.165) is 70.6 Å². The van der Waals surface area contributed by atoms with Gasteiger partial charge in [0.15, 0.2) is 5.03 Å². The first-order chi connectivity index (χ1) is 25.3. The Balaban J connectivity index is 1.45. The van der Waals surface area contributed by atoms with Crippen LogP contribution in [0.2, 0.25) is 0 Å². The minimum atomic E-state index is -0.770. The second-order valence-corrected chi connectivity index (χ2v) is 18.2. The highest BCUT2D eigenvalue weighted by atomic mass is 16.7. The highest BCUT2D eigenvalue weighted by Crippen LogP contribution is 2.65. The Bertz CT molecular complexity index is 1280. The number of ether oxygens (including phenoxy) is 1. The quantitative estimate of drug-likeness (QED) is 0.0206. The summed E-state index contributed by atoms with van der Waals surface area (Å²) in [5.74, 6) is -0.0675. The summed E-state index contributed by atoms with van der Waals surface area (Å²) >= 11 is 0. The molecule has 6 atom stereocenters. The molecule has 4 fully saturated rings. The van der Waals surface area contributed by atoms with Crippen molar-refractivity contribution < 1.29 is 33.5 Å². The molecule has 0 spiro atoms. The molecule has 2 amide bonds. The van der Waals surface area contributed by atoms with Crippen LogP contribution >= 0.6 is 0 Å². The van der Waals surface area contributed by atoms with Crippen LogP contribution in [0.15, 0.2) is 4.99 Å². The van der Waals surface area contributed by atoms with Crippen LogP contribution in [0.5, 0.6) is 0 Å². The molecule has 0 aromatic rings. The topological polar surface area (TPSA) is 197 Å². The predicted octanol–water partition coefficient (Wildman–Crippen LogP) is 6.66. The normalized spacial score (nSPS) is 24.3. The van der Waals surface area contributed by atoms with Crippen molar-refractivity contribution in [2.45, 2.75) is 181 Å². The first-order valence-corrected chi connectivity index (χ1v) is 20.6. The van der Waals surface area contributed by atoms with Crippen molar-refractivity contribution in [3.63, 3.8) is 0 Å². The zero-order chi connectivity index (χ0) is 40.1. The summed E-state index contributed by atoms with van der Waals surface area (Å²) in [4.78, 5) is 53.6. The number of ketones is 1. The van der Waals surface area contributed by atoms with Gasteiger partial charge in [-0.05, 0) is 95.8 Å². The Kier molecular flexibility index (Phi) is 17.5. The van der Waals surface area contributed by atoms with Gasteiger partial charge < -0.3 is 30.4 Å². The highest BCUT2D eigenvalue weighted by Gasteiger charge is 2.68. The summed E-state index contributed by atoms with van der Waals surface area (Å²) in [6.45, 7) is 17.4. The molecule has 15 heteroatoms. The molecule has 3 saturated carbocycles. The second-order valence-electron chi connectivity index (χ2n) is 18.2. The van der Waals surface area contributed by atoms with Gasteiger partial charge in [-0.15, -0.1) is 0 Å². The number of Topliss-reactive ketones (excluding diaryl/α,β-unsaturated/α-hetero) is 1. The summed E-state index contributed by atoms with van der Waals surface area (Å²) < 4.78 is 18.6. The van der Waals surface area contributed by atoms with E-state index in [0.29, 0.717) is 44.1 Å². The van der Waals surface area contributed by atoms with Crippen molar-refractivity contribution in [1.29, 1.82) is 0 Å². The number of hydrazine groups is 1. The Morgan fingerprint density at radius 2 is 1.63 bits per heavy atom. The van der Waals surface area contributed by atoms with Gasteiger partial charge in [-0.25, -0.2) is 19.9 Å². The number of unbranched alkanes of at least 4 members (excludes halogenated alkanes) is 8. The van der Waals surface area contributed by atoms with Crippen LogP contribution in [0, 0.1) is 39.2 Å². The van der Waals surface area contributed by atoms with Gasteiger partial charge in [0.2, 0.25) is 5.91 Å². The van der Waals surface area contributed by atoms with Crippen LogP contribution in [-0.4, -0.2) is 72.2 Å². The summed E-state index contributed by atoms with van der Waals surface area (Å²) in [5.41, 5.74) is 6.74. The highest BCUT2D eigenvalue weighted by molar-refractivity contribution is 6.47. The molecule has 1 saturated heterocycles. The standard InChI is InChI=1S/C39H71BN6O8/c1-27(2)23-33(40-53-32-26-29-25-31(38(29,6)7)39(32,8)54-40)44-34(48)28(19-18-22-42-35(41)45-46(50)51)24-30(47)20-16-14-12-10-9-11-13-15-17-21-43-36(49)52-37(3,4)5/h27-29,31-33H,9-26H2,1-8H3,(H,43,49)(H,44,48)(H3,41,42,45)/t28-,29-,31-,32-,33+,39+/m1/s1. The minimum absolute atomic E-state index is 0.000827. The molecule has 3 aliphatic carbocycles. The van der Waals surface area contributed by atoms with Crippen molar-refractivity contribution in [2.75, 3.05) is 13.1 Å². The van der Waals surface area contributed by atoms with Gasteiger partial charge in [0.25, 0.3) is 5.96 Å². The third-order valence-corrected chi connectivity index (χ3v) is 11.7. The largest absolute Gasteiger partial charge is 0.481 e. The first-order valence-electron chi connectivity index (χ1n) is 20.6. The monoisotopic (exact) mass is 763 g/mol. The lowest BCUT2D eigenvalue weighted by atomic mass is 9.43. The Labute approximate surface area is 324 Å². The van der Waals surface area contributed by atoms with Crippen molar-refractivity contribution in [1.82, 2.24) is 16.1 Å². The number of alkyl carbamates (subject to hydrolysis) is 1. The Morgan fingerprint density at radius 3 is 2.22 bits per heavy atom. The van der Waals surface area contributed by atoms with Gasteiger partial charge in [-0.1, -0.05) is 78.1 Å². The lowest BCUT2D eigenvalue weighted by molar-refractivity contribution is -0.525. The van der Waals surface area contributed by atoms with E-state index in [1.54, 1.807) is 0 Å². The van der Waals surface area contributed by atoms with Gasteiger partial charge in [-0.2, -0.15) is 0 Å². The average Bonchev–Trinajstić information content (AvgIpc) is 3.42. The van der Waals surface area contributed by atoms with E-state index in [1.807, 2.05) is 26.2 Å². The van der Waals surface area contributed by atoms with E-state index in [2.05, 4.69) is 50.2 Å². The maximum atomic E-state index is 13.9. The molecule has 5 N–H and O–H groups in total. The molecule has 14 nitrogen and oxygen atoms in total. The lowest BCUT2D eigenvalue weighted by Crippen LogP contribution is -2.65. The zero-order valence-electron chi connectivity index (χ0n) is 34.5. The number of hydrogen-bond acceptors (Lipinski definition) is 9. The Morgan fingerprint density at radius 1 is 1.00 bits per heavy atom. The maximum absolute atomic E-state index is 13.9. The van der Waals surface area contributed by atoms with Crippen LogP contribution in [0.4, 0.5) is 4.79 Å². The number of nitrogens with two attached hydrogens (primary N) is 1. The van der Waals surface area contributed by atoms with Gasteiger partial charge in [-0.3, -0.25) is 9.59 Å². The molecule has 4 aliphatic rings. The van der Waals surface area contributed by atoms with Crippen molar-refractivity contribution in [2.24, 2.45) is 39.8 Å². The predicted molar refractivity (Wildman–Crippen MR) is 211 cm³/mol. The number of nitrogens with one attached hydrogen (secondary N) is 3. The number of carbonyl (C=O) groups is 3. The fraction of sp³-hybridized carbons (Fsp3) is 0.897. The van der Waals surface area contributed by atoms with E-state index in [1.165, 1.54) is 0 Å². The van der Waals surface area contributed by atoms with E-state index < -0.39 is 29.3 Å². The van der Waals surface area contributed by atoms with Crippen LogP contribution in [0.1, 0.15) is 158 Å². The van der Waals surface area contributed by atoms with Gasteiger partial charge in [0, 0.05) is 31.8 Å². The molecular formula is C39H71BN6O8. The first kappa shape index (κ1) is 45.5. The third kappa shape index (κ3) is 14.3. The molecule has 54 heavy (non-hydrogen) atoms. The molecule has 308 valence electrons. The van der Waals surface area contributed by atoms with Crippen LogP contribution < -0.4 is 21.8 Å². The number of guanidine groups is 1. The van der Waals surface area contributed by atoms with Gasteiger partial charge >= 0.3 is 13.2 Å². The molecule has 0 radical (unpaired) electrons. The number of hydrogen-bond donors (Lipinski definition) is 4. The van der Waals surface area contributed by atoms with Crippen LogP contribution in [0.3, 0.4) is 0 Å². The fourth-order valence-corrected chi connectivity index (χ4v) is 8.68. The molecular weight excluding hydrogens is 691 g/mol. The average molecular weight is 763 g/mol. The molecule has 0 aromatic carbocycles. The zero-order valence-corrected chi connectivity index (χ0v) is 34.5. The van der Waals surface area contributed by atoms with Crippen molar-refractivity contribution in [3.05, 3.63) is 10.1 Å². The summed E-state index contributed by atoms with van der Waals surface area (Å²) in [6, 6.07) is 0. The van der Waals surface area contributed by atoms with E-state index in [4.69, 9.17) is 19.8 Å². The number of aliphatic imine (C=N–C) groups is 1. The maximum Gasteiger partial charge on any atom is 0.481 e. The SMILES string of the molecule is CC(C)C[C@H](NC(=O)[C@H](CCCN=C(N)N[N+](=O)[O-])CC(=O)CCCCCCCCCCCNC(=O)OC(C)(C)C)B1O[C@@H]2C[C@H]3C[C@H](C3(C)C)[C@]2(C)O1. The fourth-order valence-electron chi connectivity index (χ4n) is 8.68. The Hall–Kier alpha value is -2.94. The summed E-state index contributed by atoms with van der Waals surface area (Å²) in [5, 5.41) is 16.0. The molecule has 0 aromatic heterocycles. The second kappa shape index (κ2) is 20.8. The van der Waals surface area contributed by atoms with Gasteiger partial charge in [0.1, 0.15) is 11.4 Å². The molecule has 0 unspecified atom stereocenters. The molecule has 4 rings (SSSR count). The number of carbonyl (C=O) groups excluding carboxylic acids is 3. The lowest BCUT2D eigenvalue weighted by Gasteiger charge is -2.64. The number of rotatable bonds is 24. The van der Waals surface area contributed by atoms with Crippen LogP contribution in [0.25, 0.3) is 0 Å². The molecule has 2 bridgehead atoms. The minimum Gasteiger partial charge on any atom is -0.444 e. The van der Waals surface area contributed by atoms with Crippen molar-refractivity contribution >= 4 is 30.9 Å². The van der Waals surface area contributed by atoms with Crippen LogP contribution in [-0.2, 0) is 23.6 Å². The third-order valence-electron chi connectivity index (χ3n) is 11.7. The molecule has 1 heterocycles. The summed E-state index contributed by atoms with van der Waals surface area (Å²) in [6.07, 6.45) is 13.1. The van der Waals surface area contributed by atoms with Gasteiger partial charge in [0.05, 0.1) is 17.6 Å². The number of nitro groups is 1. The number of amides is 2. The number of nitrogens with zero attached hydrogens (tertiary/aromatic N) is 2. The summed E-state index contributed by atoms with van der Waals surface area (Å²) in [7, 11) is -0.559. The van der Waals surface area contributed by atoms with E-state index in [-0.39, 0.29) is 60.1 Å². The molecule has 1 aliphatic heterocycles.